The number of benzene rings is 1. The third-order valence-electron chi connectivity index (χ3n) is 3.42. The molecule has 0 unspecified atom stereocenters. The molecule has 0 saturated heterocycles. The molecule has 1 aliphatic heterocycles. The highest BCUT2D eigenvalue weighted by Gasteiger charge is 2.32. The Balaban J connectivity index is 2.87. The number of esters is 2. The molecule has 0 atom stereocenters. The maximum Gasteiger partial charge on any atom is 0.355 e. The van der Waals surface area contributed by atoms with Crippen LogP contribution in [-0.2, 0) is 19.1 Å². The van der Waals surface area contributed by atoms with Gasteiger partial charge in [0.05, 0.1) is 25.5 Å². The van der Waals surface area contributed by atoms with Gasteiger partial charge in [-0.3, -0.25) is 0 Å². The molecule has 1 aromatic carbocycles. The van der Waals surface area contributed by atoms with Gasteiger partial charge in [0.2, 0.25) is 0 Å². The molecule has 7 nitrogen and oxygen atoms in total. The molecule has 0 bridgehead atoms. The second-order valence-electron chi connectivity index (χ2n) is 4.87. The number of methoxy groups -OCH3 is 2. The summed E-state index contributed by atoms with van der Waals surface area (Å²) < 4.78 is 24.0. The van der Waals surface area contributed by atoms with E-state index in [9.17, 15) is 23.9 Å². The number of halogens is 2. The fourth-order valence-electron chi connectivity index (χ4n) is 2.32. The molecule has 0 aromatic heterocycles. The van der Waals surface area contributed by atoms with E-state index in [1.807, 2.05) is 0 Å². The van der Waals surface area contributed by atoms with Crippen LogP contribution < -0.4 is 4.90 Å². The zero-order valence-electron chi connectivity index (χ0n) is 13.7. The molecule has 0 saturated carbocycles. The molecule has 2 rings (SSSR count). The Morgan fingerprint density at radius 2 is 1.77 bits per heavy atom. The zero-order chi connectivity index (χ0) is 19.4. The van der Waals surface area contributed by atoms with Crippen molar-refractivity contribution >= 4 is 39.5 Å². The van der Waals surface area contributed by atoms with Crippen molar-refractivity contribution in [1.82, 2.24) is 0 Å². The van der Waals surface area contributed by atoms with Gasteiger partial charge in [0, 0.05) is 10.7 Å². The van der Waals surface area contributed by atoms with E-state index in [0.717, 1.165) is 25.2 Å². The quantitative estimate of drug-likeness (QED) is 0.741. The van der Waals surface area contributed by atoms with Gasteiger partial charge in [0.25, 0.3) is 0 Å². The molecule has 0 fully saturated rings. The van der Waals surface area contributed by atoms with E-state index < -0.39 is 35.0 Å². The SMILES string of the molecule is COC(=O)C1=C(C(=O)OC)N(c2c(F)ccc(Br)c2C(=O)O)C=CC=C1. The molecule has 1 heterocycles. The van der Waals surface area contributed by atoms with E-state index in [-0.39, 0.29) is 15.7 Å². The number of carbonyl (C=O) groups is 3. The summed E-state index contributed by atoms with van der Waals surface area (Å²) in [5.74, 6) is -4.19. The normalized spacial score (nSPS) is 13.5. The van der Waals surface area contributed by atoms with Crippen molar-refractivity contribution in [2.24, 2.45) is 0 Å². The number of carboxylic acid groups (broad SMARTS) is 1. The Labute approximate surface area is 156 Å². The minimum absolute atomic E-state index is 0.0934. The van der Waals surface area contributed by atoms with Crippen LogP contribution in [-0.4, -0.2) is 37.2 Å². The van der Waals surface area contributed by atoms with Crippen molar-refractivity contribution in [3.05, 3.63) is 63.7 Å². The molecule has 0 radical (unpaired) electrons. The molecule has 136 valence electrons. The van der Waals surface area contributed by atoms with Gasteiger partial charge < -0.3 is 19.5 Å². The van der Waals surface area contributed by atoms with Crippen LogP contribution in [0.2, 0.25) is 0 Å². The predicted molar refractivity (Wildman–Crippen MR) is 92.9 cm³/mol. The molecule has 0 spiro atoms. The maximum absolute atomic E-state index is 14.6. The molecule has 0 aliphatic carbocycles. The smallest absolute Gasteiger partial charge is 0.355 e. The molecule has 1 aliphatic rings. The summed E-state index contributed by atoms with van der Waals surface area (Å²) in [5.41, 5.74) is -1.47. The lowest BCUT2D eigenvalue weighted by atomic mass is 10.1. The minimum Gasteiger partial charge on any atom is -0.478 e. The van der Waals surface area contributed by atoms with E-state index in [0.29, 0.717) is 0 Å². The monoisotopic (exact) mass is 425 g/mol. The summed E-state index contributed by atoms with van der Waals surface area (Å²) in [4.78, 5) is 37.0. The average molecular weight is 426 g/mol. The van der Waals surface area contributed by atoms with Gasteiger partial charge in [-0.25, -0.2) is 18.8 Å². The van der Waals surface area contributed by atoms with Crippen LogP contribution in [0, 0.1) is 5.82 Å². The summed E-state index contributed by atoms with van der Waals surface area (Å²) in [5, 5.41) is 9.49. The van der Waals surface area contributed by atoms with Gasteiger partial charge in [0.15, 0.2) is 0 Å². The van der Waals surface area contributed by atoms with Crippen molar-refractivity contribution in [2.45, 2.75) is 0 Å². The topological polar surface area (TPSA) is 93.1 Å². The summed E-state index contributed by atoms with van der Waals surface area (Å²) >= 11 is 3.06. The number of hydrogen-bond donors (Lipinski definition) is 1. The lowest BCUT2D eigenvalue weighted by Crippen LogP contribution is -2.29. The fraction of sp³-hybridized carbons (Fsp3) is 0.118. The molecule has 0 amide bonds. The van der Waals surface area contributed by atoms with E-state index >= 15 is 0 Å². The van der Waals surface area contributed by atoms with Crippen molar-refractivity contribution in [1.29, 1.82) is 0 Å². The van der Waals surface area contributed by atoms with Crippen LogP contribution in [0.1, 0.15) is 10.4 Å². The largest absolute Gasteiger partial charge is 0.478 e. The second-order valence-corrected chi connectivity index (χ2v) is 5.73. The number of anilines is 1. The first kappa shape index (κ1) is 19.4. The van der Waals surface area contributed by atoms with Crippen LogP contribution in [0.25, 0.3) is 0 Å². The zero-order valence-corrected chi connectivity index (χ0v) is 15.2. The Bertz CT molecular complexity index is 874. The van der Waals surface area contributed by atoms with Gasteiger partial charge in [-0.2, -0.15) is 0 Å². The lowest BCUT2D eigenvalue weighted by molar-refractivity contribution is -0.139. The summed E-state index contributed by atoms with van der Waals surface area (Å²) in [6, 6.07) is 2.26. The average Bonchev–Trinajstić information content (AvgIpc) is 2.84. The molecule has 9 heteroatoms. The van der Waals surface area contributed by atoms with Crippen molar-refractivity contribution in [3.63, 3.8) is 0 Å². The van der Waals surface area contributed by atoms with Gasteiger partial charge in [-0.1, -0.05) is 6.08 Å². The number of rotatable bonds is 4. The standard InChI is InChI=1S/C17H13BrFNO6/c1-25-16(23)9-5-3-4-8-20(13(9)17(24)26-2)14-11(19)7-6-10(18)12(14)15(21)22/h3-8H,1-2H3,(H,21,22). The number of ether oxygens (including phenoxy) is 2. The van der Waals surface area contributed by atoms with Crippen LogP contribution in [0.15, 0.2) is 52.3 Å². The fourth-order valence-corrected chi connectivity index (χ4v) is 2.81. The Kier molecular flexibility index (Phi) is 5.93. The van der Waals surface area contributed by atoms with Crippen LogP contribution in [0.3, 0.4) is 0 Å². The molecule has 26 heavy (non-hydrogen) atoms. The van der Waals surface area contributed by atoms with Gasteiger partial charge >= 0.3 is 17.9 Å². The predicted octanol–water partition coefficient (Wildman–Crippen LogP) is 2.78. The van der Waals surface area contributed by atoms with Crippen molar-refractivity contribution in [2.75, 3.05) is 19.1 Å². The number of carboxylic acids is 1. The molecular formula is C17H13BrFNO6. The lowest BCUT2D eigenvalue weighted by Gasteiger charge is -2.25. The summed E-state index contributed by atoms with van der Waals surface area (Å²) in [6.07, 6.45) is 5.36. The Hall–Kier alpha value is -2.94. The Morgan fingerprint density at radius 3 is 2.35 bits per heavy atom. The summed E-state index contributed by atoms with van der Waals surface area (Å²) in [7, 11) is 2.19. The molecule has 1 aromatic rings. The first-order chi connectivity index (χ1) is 12.3. The van der Waals surface area contributed by atoms with Gasteiger partial charge in [-0.05, 0) is 40.2 Å². The van der Waals surface area contributed by atoms with Gasteiger partial charge in [0.1, 0.15) is 17.1 Å². The number of aromatic carboxylic acids is 1. The third kappa shape index (κ3) is 3.52. The number of hydrogen-bond acceptors (Lipinski definition) is 6. The Morgan fingerprint density at radius 1 is 1.12 bits per heavy atom. The van der Waals surface area contributed by atoms with Crippen molar-refractivity contribution < 1.29 is 33.4 Å². The van der Waals surface area contributed by atoms with E-state index in [1.165, 1.54) is 30.5 Å². The first-order valence-corrected chi connectivity index (χ1v) is 7.89. The number of nitrogens with zero attached hydrogens (tertiary/aromatic N) is 1. The molecular weight excluding hydrogens is 413 g/mol. The third-order valence-corrected chi connectivity index (χ3v) is 4.08. The summed E-state index contributed by atoms with van der Waals surface area (Å²) in [6.45, 7) is 0. The highest BCUT2D eigenvalue weighted by Crippen LogP contribution is 2.35. The second kappa shape index (κ2) is 7.96. The highest BCUT2D eigenvalue weighted by atomic mass is 79.9. The number of carbonyl (C=O) groups excluding carboxylic acids is 2. The van der Waals surface area contributed by atoms with E-state index in [4.69, 9.17) is 4.74 Å². The number of allylic oxidation sites excluding steroid dienone is 2. The first-order valence-electron chi connectivity index (χ1n) is 7.09. The van der Waals surface area contributed by atoms with Crippen LogP contribution in [0.4, 0.5) is 10.1 Å². The van der Waals surface area contributed by atoms with Crippen molar-refractivity contribution in [3.8, 4) is 0 Å². The minimum atomic E-state index is -1.43. The highest BCUT2D eigenvalue weighted by molar-refractivity contribution is 9.10. The van der Waals surface area contributed by atoms with Crippen LogP contribution in [0.5, 0.6) is 0 Å². The van der Waals surface area contributed by atoms with Crippen LogP contribution >= 0.6 is 15.9 Å². The van der Waals surface area contributed by atoms with E-state index in [1.54, 1.807) is 0 Å². The maximum atomic E-state index is 14.6. The molecule has 1 N–H and O–H groups in total. The van der Waals surface area contributed by atoms with Gasteiger partial charge in [-0.15, -0.1) is 0 Å². The van der Waals surface area contributed by atoms with E-state index in [2.05, 4.69) is 20.7 Å².